The first kappa shape index (κ1) is 19.8. The van der Waals surface area contributed by atoms with E-state index in [0.29, 0.717) is 15.2 Å². The number of thiocarbonyl (C=S) groups is 1. The first-order valence-electron chi connectivity index (χ1n) is 8.39. The molecule has 1 aliphatic rings. The van der Waals surface area contributed by atoms with Gasteiger partial charge < -0.3 is 10.2 Å². The molecule has 1 heterocycles. The molecule has 1 N–H and O–H groups in total. The number of piperazine rings is 1. The molecular formula is C18H18Cl2N4O2S. The number of non-ortho nitro benzene ring substituents is 1. The molecular weight excluding hydrogens is 407 g/mol. The Balaban J connectivity index is 1.50. The third-order valence-electron chi connectivity index (χ3n) is 4.38. The zero-order chi connectivity index (χ0) is 19.4. The topological polar surface area (TPSA) is 61.7 Å². The van der Waals surface area contributed by atoms with Crippen LogP contribution in [0.5, 0.6) is 0 Å². The minimum atomic E-state index is -0.421. The molecule has 0 aliphatic carbocycles. The molecule has 1 saturated heterocycles. The molecule has 0 amide bonds. The SMILES string of the molecule is O=[N+]([O-])c1ccc(NC(=S)N2CCN(Cc3ccc(Cl)c(Cl)c3)CC2)cc1. The molecule has 9 heteroatoms. The second-order valence-electron chi connectivity index (χ2n) is 6.25. The van der Waals surface area contributed by atoms with Crippen LogP contribution in [0.1, 0.15) is 5.56 Å². The van der Waals surface area contributed by atoms with Gasteiger partial charge in [-0.05, 0) is 42.0 Å². The first-order valence-corrected chi connectivity index (χ1v) is 9.55. The van der Waals surface area contributed by atoms with Crippen LogP contribution in [-0.2, 0) is 6.54 Å². The van der Waals surface area contributed by atoms with Gasteiger partial charge in [0.2, 0.25) is 0 Å². The number of anilines is 1. The van der Waals surface area contributed by atoms with Gasteiger partial charge in [0.15, 0.2) is 5.11 Å². The number of rotatable bonds is 4. The van der Waals surface area contributed by atoms with Crippen molar-refractivity contribution in [3.8, 4) is 0 Å². The van der Waals surface area contributed by atoms with Gasteiger partial charge in [-0.3, -0.25) is 15.0 Å². The molecule has 27 heavy (non-hydrogen) atoms. The van der Waals surface area contributed by atoms with Crippen molar-refractivity contribution in [3.05, 3.63) is 68.2 Å². The Kier molecular flexibility index (Phi) is 6.49. The molecule has 3 rings (SSSR count). The summed E-state index contributed by atoms with van der Waals surface area (Å²) in [5.41, 5.74) is 1.93. The van der Waals surface area contributed by atoms with Crippen molar-refractivity contribution in [2.75, 3.05) is 31.5 Å². The monoisotopic (exact) mass is 424 g/mol. The summed E-state index contributed by atoms with van der Waals surface area (Å²) in [6.07, 6.45) is 0. The second kappa shape index (κ2) is 8.84. The summed E-state index contributed by atoms with van der Waals surface area (Å²) in [5, 5.41) is 15.6. The number of nitrogens with zero attached hydrogens (tertiary/aromatic N) is 3. The Morgan fingerprint density at radius 1 is 1.07 bits per heavy atom. The lowest BCUT2D eigenvalue weighted by molar-refractivity contribution is -0.384. The summed E-state index contributed by atoms with van der Waals surface area (Å²) in [5.74, 6) is 0. The molecule has 1 fully saturated rings. The molecule has 0 spiro atoms. The van der Waals surface area contributed by atoms with E-state index >= 15 is 0 Å². The Labute approximate surface area is 172 Å². The van der Waals surface area contributed by atoms with Crippen molar-refractivity contribution in [3.63, 3.8) is 0 Å². The van der Waals surface area contributed by atoms with Crippen molar-refractivity contribution in [1.82, 2.24) is 9.80 Å². The Morgan fingerprint density at radius 2 is 1.74 bits per heavy atom. The average molecular weight is 425 g/mol. The largest absolute Gasteiger partial charge is 0.346 e. The van der Waals surface area contributed by atoms with E-state index in [-0.39, 0.29) is 5.69 Å². The highest BCUT2D eigenvalue weighted by molar-refractivity contribution is 7.80. The van der Waals surface area contributed by atoms with Gasteiger partial charge >= 0.3 is 0 Å². The number of nitrogens with one attached hydrogen (secondary N) is 1. The maximum atomic E-state index is 10.7. The fraction of sp³-hybridized carbons (Fsp3) is 0.278. The molecule has 0 bridgehead atoms. The highest BCUT2D eigenvalue weighted by Gasteiger charge is 2.19. The summed E-state index contributed by atoms with van der Waals surface area (Å²) in [7, 11) is 0. The minimum Gasteiger partial charge on any atom is -0.346 e. The molecule has 1 aliphatic heterocycles. The quantitative estimate of drug-likeness (QED) is 0.445. The lowest BCUT2D eigenvalue weighted by Gasteiger charge is -2.36. The zero-order valence-electron chi connectivity index (χ0n) is 14.4. The van der Waals surface area contributed by atoms with Gasteiger partial charge in [-0.15, -0.1) is 0 Å². The van der Waals surface area contributed by atoms with Gasteiger partial charge in [0.25, 0.3) is 5.69 Å². The molecule has 2 aromatic rings. The zero-order valence-corrected chi connectivity index (χ0v) is 16.7. The first-order chi connectivity index (χ1) is 12.9. The number of hydrogen-bond acceptors (Lipinski definition) is 4. The van der Waals surface area contributed by atoms with Crippen molar-refractivity contribution in [2.24, 2.45) is 0 Å². The third-order valence-corrected chi connectivity index (χ3v) is 5.48. The van der Waals surface area contributed by atoms with E-state index in [1.807, 2.05) is 18.2 Å². The smallest absolute Gasteiger partial charge is 0.269 e. The van der Waals surface area contributed by atoms with Crippen LogP contribution >= 0.6 is 35.4 Å². The minimum absolute atomic E-state index is 0.0578. The van der Waals surface area contributed by atoms with Crippen LogP contribution < -0.4 is 5.32 Å². The van der Waals surface area contributed by atoms with E-state index in [4.69, 9.17) is 35.4 Å². The fourth-order valence-electron chi connectivity index (χ4n) is 2.87. The van der Waals surface area contributed by atoms with E-state index in [0.717, 1.165) is 44.0 Å². The molecule has 2 aromatic carbocycles. The maximum absolute atomic E-state index is 10.7. The number of nitro benzene ring substituents is 1. The van der Waals surface area contributed by atoms with Crippen molar-refractivity contribution in [2.45, 2.75) is 6.54 Å². The third kappa shape index (κ3) is 5.29. The van der Waals surface area contributed by atoms with Gasteiger partial charge in [-0.25, -0.2) is 0 Å². The Hall–Kier alpha value is -1.93. The standard InChI is InChI=1S/C18H18Cl2N4O2S/c19-16-6-1-13(11-17(16)20)12-22-7-9-23(10-8-22)18(27)21-14-2-4-15(5-3-14)24(25)26/h1-6,11H,7-10,12H2,(H,21,27). The van der Waals surface area contributed by atoms with E-state index in [1.54, 1.807) is 12.1 Å². The highest BCUT2D eigenvalue weighted by Crippen LogP contribution is 2.23. The molecule has 0 unspecified atom stereocenters. The van der Waals surface area contributed by atoms with Crippen LogP contribution in [0.2, 0.25) is 10.0 Å². The summed E-state index contributed by atoms with van der Waals surface area (Å²) in [6.45, 7) is 4.18. The highest BCUT2D eigenvalue weighted by atomic mass is 35.5. The van der Waals surface area contributed by atoms with Gasteiger partial charge in [-0.1, -0.05) is 29.3 Å². The molecule has 142 valence electrons. The van der Waals surface area contributed by atoms with Crippen LogP contribution in [0.15, 0.2) is 42.5 Å². The van der Waals surface area contributed by atoms with Crippen molar-refractivity contribution < 1.29 is 4.92 Å². The second-order valence-corrected chi connectivity index (χ2v) is 7.45. The fourth-order valence-corrected chi connectivity index (χ4v) is 3.50. The Morgan fingerprint density at radius 3 is 2.33 bits per heavy atom. The number of nitro groups is 1. The van der Waals surface area contributed by atoms with Crippen LogP contribution in [0.3, 0.4) is 0 Å². The van der Waals surface area contributed by atoms with Crippen LogP contribution in [-0.4, -0.2) is 46.0 Å². The van der Waals surface area contributed by atoms with E-state index in [1.165, 1.54) is 12.1 Å². The van der Waals surface area contributed by atoms with Gasteiger partial charge in [0, 0.05) is 50.5 Å². The van der Waals surface area contributed by atoms with Crippen LogP contribution in [0.4, 0.5) is 11.4 Å². The maximum Gasteiger partial charge on any atom is 0.269 e. The molecule has 6 nitrogen and oxygen atoms in total. The van der Waals surface area contributed by atoms with Crippen LogP contribution in [0.25, 0.3) is 0 Å². The van der Waals surface area contributed by atoms with Crippen molar-refractivity contribution in [1.29, 1.82) is 0 Å². The summed E-state index contributed by atoms with van der Waals surface area (Å²) >= 11 is 17.5. The molecule has 0 saturated carbocycles. The van der Waals surface area contributed by atoms with E-state index in [9.17, 15) is 10.1 Å². The summed E-state index contributed by atoms with van der Waals surface area (Å²) in [6, 6.07) is 11.9. The predicted octanol–water partition coefficient (Wildman–Crippen LogP) is 4.42. The van der Waals surface area contributed by atoms with Gasteiger partial charge in [0.1, 0.15) is 0 Å². The summed E-state index contributed by atoms with van der Waals surface area (Å²) in [4.78, 5) is 14.7. The van der Waals surface area contributed by atoms with Crippen LogP contribution in [0, 0.1) is 10.1 Å². The molecule has 0 atom stereocenters. The number of hydrogen-bond donors (Lipinski definition) is 1. The van der Waals surface area contributed by atoms with Crippen molar-refractivity contribution >= 4 is 51.9 Å². The lowest BCUT2D eigenvalue weighted by atomic mass is 10.2. The van der Waals surface area contributed by atoms with E-state index in [2.05, 4.69) is 15.1 Å². The molecule has 0 aromatic heterocycles. The number of benzene rings is 2. The summed E-state index contributed by atoms with van der Waals surface area (Å²) < 4.78 is 0. The predicted molar refractivity (Wildman–Crippen MR) is 113 cm³/mol. The average Bonchev–Trinajstić information content (AvgIpc) is 2.66. The normalized spacial score (nSPS) is 14.8. The number of halogens is 2. The Bertz CT molecular complexity index is 840. The molecule has 0 radical (unpaired) electrons. The van der Waals surface area contributed by atoms with E-state index < -0.39 is 4.92 Å². The lowest BCUT2D eigenvalue weighted by Crippen LogP contribution is -2.49. The van der Waals surface area contributed by atoms with Gasteiger partial charge in [0.05, 0.1) is 15.0 Å². The van der Waals surface area contributed by atoms with Gasteiger partial charge in [-0.2, -0.15) is 0 Å².